The number of hydrogen-bond donors (Lipinski definition) is 0. The minimum Gasteiger partial charge on any atom is -0.343 e. The lowest BCUT2D eigenvalue weighted by Gasteiger charge is -2.43. The maximum atomic E-state index is 12.8. The molecule has 3 heterocycles. The Morgan fingerprint density at radius 1 is 1.04 bits per heavy atom. The highest BCUT2D eigenvalue weighted by atomic mass is 16.2. The van der Waals surface area contributed by atoms with Gasteiger partial charge < -0.3 is 9.80 Å². The van der Waals surface area contributed by atoms with Gasteiger partial charge in [-0.2, -0.15) is 0 Å². The molecule has 1 spiro atoms. The average molecular weight is 355 g/mol. The van der Waals surface area contributed by atoms with Crippen LogP contribution in [0.2, 0.25) is 0 Å². The van der Waals surface area contributed by atoms with E-state index in [1.165, 1.54) is 19.3 Å². The van der Waals surface area contributed by atoms with E-state index in [1.54, 1.807) is 12.4 Å². The summed E-state index contributed by atoms with van der Waals surface area (Å²) in [4.78, 5) is 33.3. The van der Waals surface area contributed by atoms with E-state index >= 15 is 0 Å². The number of carbonyl (C=O) groups is 2. The smallest absolute Gasteiger partial charge is 0.227 e. The number of hydrogen-bond acceptors (Lipinski definition) is 3. The third-order valence-electron chi connectivity index (χ3n) is 6.78. The zero-order valence-corrected chi connectivity index (χ0v) is 15.5. The van der Waals surface area contributed by atoms with E-state index in [0.717, 1.165) is 51.0 Å². The minimum absolute atomic E-state index is 0.218. The second-order valence-corrected chi connectivity index (χ2v) is 8.35. The van der Waals surface area contributed by atoms with Gasteiger partial charge in [0.15, 0.2) is 0 Å². The summed E-state index contributed by atoms with van der Waals surface area (Å²) in [6, 6.07) is 3.83. The topological polar surface area (TPSA) is 53.5 Å². The van der Waals surface area contributed by atoms with Crippen LogP contribution in [-0.2, 0) is 16.0 Å². The van der Waals surface area contributed by atoms with Crippen LogP contribution in [0.4, 0.5) is 0 Å². The fourth-order valence-corrected chi connectivity index (χ4v) is 5.03. The summed E-state index contributed by atoms with van der Waals surface area (Å²) in [5.41, 5.74) is 1.32. The van der Waals surface area contributed by atoms with Gasteiger partial charge in [0.25, 0.3) is 0 Å². The normalized spacial score (nSPS) is 24.1. The predicted molar refractivity (Wildman–Crippen MR) is 99.3 cm³/mol. The molecule has 0 N–H and O–H groups in total. The first-order valence-electron chi connectivity index (χ1n) is 10.1. The van der Waals surface area contributed by atoms with Gasteiger partial charge in [-0.25, -0.2) is 0 Å². The van der Waals surface area contributed by atoms with Crippen molar-refractivity contribution in [2.75, 3.05) is 26.2 Å². The zero-order chi connectivity index (χ0) is 18.0. The molecule has 1 unspecified atom stereocenters. The first-order valence-corrected chi connectivity index (χ1v) is 10.1. The quantitative estimate of drug-likeness (QED) is 0.816. The highest BCUT2D eigenvalue weighted by Crippen LogP contribution is 2.53. The van der Waals surface area contributed by atoms with Crippen LogP contribution in [0.5, 0.6) is 0 Å². The molecular weight excluding hydrogens is 326 g/mol. The summed E-state index contributed by atoms with van der Waals surface area (Å²) in [5.74, 6) is 1.03. The standard InChI is InChI=1S/C21H29N3O2/c25-19(23-12-1-2-13-23)5-4-18-15-24(16-21(18)8-3-9-21)20(26)14-17-6-10-22-11-7-17/h6-7,10-11,18H,1-5,8-9,12-16H2. The summed E-state index contributed by atoms with van der Waals surface area (Å²) in [6.07, 6.45) is 11.5. The Labute approximate surface area is 155 Å². The molecule has 3 fully saturated rings. The Bertz CT molecular complexity index is 650. The number of rotatable bonds is 5. The lowest BCUT2D eigenvalue weighted by atomic mass is 9.62. The average Bonchev–Trinajstić information content (AvgIpc) is 3.28. The number of aromatic nitrogens is 1. The van der Waals surface area contributed by atoms with E-state index in [1.807, 2.05) is 17.0 Å². The molecular formula is C21H29N3O2. The molecule has 2 saturated heterocycles. The summed E-state index contributed by atoms with van der Waals surface area (Å²) in [7, 11) is 0. The van der Waals surface area contributed by atoms with Gasteiger partial charge in [0, 0.05) is 45.0 Å². The molecule has 2 amide bonds. The molecule has 140 valence electrons. The fraction of sp³-hybridized carbons (Fsp3) is 0.667. The first-order chi connectivity index (χ1) is 12.7. The van der Waals surface area contributed by atoms with Crippen LogP contribution >= 0.6 is 0 Å². The maximum Gasteiger partial charge on any atom is 0.227 e. The number of pyridine rings is 1. The molecule has 1 aromatic rings. The first kappa shape index (κ1) is 17.5. The highest BCUT2D eigenvalue weighted by molar-refractivity contribution is 5.79. The second-order valence-electron chi connectivity index (χ2n) is 8.35. The van der Waals surface area contributed by atoms with Gasteiger partial charge in [0.05, 0.1) is 6.42 Å². The van der Waals surface area contributed by atoms with E-state index in [-0.39, 0.29) is 5.91 Å². The Hall–Kier alpha value is -1.91. The number of likely N-dealkylation sites (tertiary alicyclic amines) is 2. The molecule has 5 heteroatoms. The molecule has 5 nitrogen and oxygen atoms in total. The van der Waals surface area contributed by atoms with Crippen LogP contribution in [0.3, 0.4) is 0 Å². The second kappa shape index (κ2) is 7.37. The Balaban J connectivity index is 1.35. The van der Waals surface area contributed by atoms with Gasteiger partial charge in [-0.1, -0.05) is 6.42 Å². The van der Waals surface area contributed by atoms with Crippen molar-refractivity contribution in [3.8, 4) is 0 Å². The summed E-state index contributed by atoms with van der Waals surface area (Å²) >= 11 is 0. The third kappa shape index (κ3) is 3.49. The number of amides is 2. The van der Waals surface area contributed by atoms with E-state index in [0.29, 0.717) is 30.1 Å². The Morgan fingerprint density at radius 2 is 1.77 bits per heavy atom. The van der Waals surface area contributed by atoms with E-state index < -0.39 is 0 Å². The van der Waals surface area contributed by atoms with E-state index in [4.69, 9.17) is 0 Å². The number of nitrogens with zero attached hydrogens (tertiary/aromatic N) is 3. The van der Waals surface area contributed by atoms with Crippen LogP contribution < -0.4 is 0 Å². The van der Waals surface area contributed by atoms with Crippen molar-refractivity contribution in [3.63, 3.8) is 0 Å². The van der Waals surface area contributed by atoms with Crippen molar-refractivity contribution in [1.82, 2.24) is 14.8 Å². The minimum atomic E-state index is 0.218. The van der Waals surface area contributed by atoms with Gasteiger partial charge in [-0.3, -0.25) is 14.6 Å². The zero-order valence-electron chi connectivity index (χ0n) is 15.5. The fourth-order valence-electron chi connectivity index (χ4n) is 5.03. The van der Waals surface area contributed by atoms with Crippen LogP contribution in [0.1, 0.15) is 50.5 Å². The molecule has 1 aromatic heterocycles. The SMILES string of the molecule is O=C(CCC1CN(C(=O)Cc2ccncc2)CC12CCC2)N1CCCC1. The van der Waals surface area contributed by atoms with Gasteiger partial charge in [0.2, 0.25) is 11.8 Å². The van der Waals surface area contributed by atoms with Gasteiger partial charge in [-0.05, 0) is 61.1 Å². The Morgan fingerprint density at radius 3 is 2.42 bits per heavy atom. The lowest BCUT2D eigenvalue weighted by molar-refractivity contribution is -0.131. The summed E-state index contributed by atoms with van der Waals surface area (Å²) in [6.45, 7) is 3.59. The molecule has 2 aliphatic heterocycles. The van der Waals surface area contributed by atoms with E-state index in [9.17, 15) is 9.59 Å². The van der Waals surface area contributed by atoms with Gasteiger partial charge >= 0.3 is 0 Å². The molecule has 1 atom stereocenters. The van der Waals surface area contributed by atoms with Gasteiger partial charge in [0.1, 0.15) is 0 Å². The monoisotopic (exact) mass is 355 g/mol. The van der Waals surface area contributed by atoms with Crippen molar-refractivity contribution >= 4 is 11.8 Å². The third-order valence-corrected chi connectivity index (χ3v) is 6.78. The predicted octanol–water partition coefficient (Wildman–Crippen LogP) is 2.66. The van der Waals surface area contributed by atoms with Crippen molar-refractivity contribution in [1.29, 1.82) is 0 Å². The van der Waals surface area contributed by atoms with Crippen molar-refractivity contribution in [3.05, 3.63) is 30.1 Å². The van der Waals surface area contributed by atoms with Crippen LogP contribution in [0, 0.1) is 11.3 Å². The van der Waals surface area contributed by atoms with Crippen LogP contribution in [-0.4, -0.2) is 52.8 Å². The summed E-state index contributed by atoms with van der Waals surface area (Å²) < 4.78 is 0. The van der Waals surface area contributed by atoms with Crippen molar-refractivity contribution < 1.29 is 9.59 Å². The van der Waals surface area contributed by atoms with Gasteiger partial charge in [-0.15, -0.1) is 0 Å². The van der Waals surface area contributed by atoms with Crippen molar-refractivity contribution in [2.24, 2.45) is 11.3 Å². The molecule has 1 aliphatic carbocycles. The van der Waals surface area contributed by atoms with Crippen LogP contribution in [0.15, 0.2) is 24.5 Å². The molecule has 0 aromatic carbocycles. The Kier molecular flexibility index (Phi) is 4.96. The molecule has 26 heavy (non-hydrogen) atoms. The lowest BCUT2D eigenvalue weighted by Crippen LogP contribution is -2.39. The van der Waals surface area contributed by atoms with Crippen molar-refractivity contribution in [2.45, 2.75) is 51.4 Å². The summed E-state index contributed by atoms with van der Waals surface area (Å²) in [5, 5.41) is 0. The largest absolute Gasteiger partial charge is 0.343 e. The molecule has 0 radical (unpaired) electrons. The molecule has 1 saturated carbocycles. The van der Waals surface area contributed by atoms with Crippen LogP contribution in [0.25, 0.3) is 0 Å². The molecule has 4 rings (SSSR count). The molecule has 0 bridgehead atoms. The number of carbonyl (C=O) groups excluding carboxylic acids is 2. The maximum absolute atomic E-state index is 12.8. The molecule has 3 aliphatic rings. The van der Waals surface area contributed by atoms with E-state index in [2.05, 4.69) is 9.88 Å². The highest BCUT2D eigenvalue weighted by Gasteiger charge is 2.50.